The van der Waals surface area contributed by atoms with Gasteiger partial charge in [0.1, 0.15) is 0 Å². The van der Waals surface area contributed by atoms with Gasteiger partial charge in [-0.15, -0.1) is 0 Å². The quantitative estimate of drug-likeness (QED) is 0.750. The number of amides is 1. The van der Waals surface area contributed by atoms with Gasteiger partial charge in [-0.05, 0) is 17.2 Å². The van der Waals surface area contributed by atoms with Gasteiger partial charge in [-0.1, -0.05) is 19.1 Å². The smallest absolute Gasteiger partial charge is 0.228 e. The van der Waals surface area contributed by atoms with Gasteiger partial charge < -0.3 is 10.1 Å². The van der Waals surface area contributed by atoms with E-state index in [4.69, 9.17) is 4.74 Å². The Kier molecular flexibility index (Phi) is 1.68. The molecular weight excluding hydrogens is 190 g/mol. The number of anilines is 1. The number of fused-ring (bicyclic) bond motifs is 1. The number of nitrogens with one attached hydrogen (secondary N) is 1. The number of rotatable bonds is 1. The maximum atomic E-state index is 11.2. The summed E-state index contributed by atoms with van der Waals surface area (Å²) in [6.45, 7) is 3.77. The predicted octanol–water partition coefficient (Wildman–Crippen LogP) is 1.47. The highest BCUT2D eigenvalue weighted by atomic mass is 16.5. The third-order valence-corrected chi connectivity index (χ3v) is 3.27. The summed E-state index contributed by atoms with van der Waals surface area (Å²) in [5, 5.41) is 2.84. The minimum absolute atomic E-state index is 0.0946. The fraction of sp³-hybridized carbons (Fsp3) is 0.417. The van der Waals surface area contributed by atoms with Crippen molar-refractivity contribution < 1.29 is 9.53 Å². The molecule has 3 nitrogen and oxygen atoms in total. The summed E-state index contributed by atoms with van der Waals surface area (Å²) in [4.78, 5) is 11.2. The first-order valence-electron chi connectivity index (χ1n) is 5.18. The van der Waals surface area contributed by atoms with Crippen LogP contribution in [0.5, 0.6) is 0 Å². The van der Waals surface area contributed by atoms with Crippen molar-refractivity contribution in [2.45, 2.75) is 18.8 Å². The molecule has 1 N–H and O–H groups in total. The lowest BCUT2D eigenvalue weighted by molar-refractivity contribution is -0.115. The third-order valence-electron chi connectivity index (χ3n) is 3.27. The van der Waals surface area contributed by atoms with E-state index < -0.39 is 0 Å². The summed E-state index contributed by atoms with van der Waals surface area (Å²) >= 11 is 0. The van der Waals surface area contributed by atoms with Gasteiger partial charge in [0.05, 0.1) is 19.6 Å². The molecule has 78 valence electrons. The van der Waals surface area contributed by atoms with E-state index in [9.17, 15) is 4.79 Å². The second kappa shape index (κ2) is 2.83. The van der Waals surface area contributed by atoms with Crippen LogP contribution in [0.1, 0.15) is 18.1 Å². The van der Waals surface area contributed by atoms with Gasteiger partial charge >= 0.3 is 0 Å². The summed E-state index contributed by atoms with van der Waals surface area (Å²) in [6, 6.07) is 6.22. The van der Waals surface area contributed by atoms with Crippen LogP contribution in [0.3, 0.4) is 0 Å². The van der Waals surface area contributed by atoms with E-state index in [2.05, 4.69) is 24.4 Å². The lowest BCUT2D eigenvalue weighted by Gasteiger charge is -2.38. The van der Waals surface area contributed by atoms with Crippen LogP contribution in [0.25, 0.3) is 0 Å². The van der Waals surface area contributed by atoms with Crippen LogP contribution >= 0.6 is 0 Å². The van der Waals surface area contributed by atoms with Crippen LogP contribution in [-0.4, -0.2) is 19.1 Å². The Hall–Kier alpha value is -1.35. The molecule has 2 aliphatic rings. The van der Waals surface area contributed by atoms with Crippen molar-refractivity contribution in [2.75, 3.05) is 18.5 Å². The SMILES string of the molecule is CC1(c2ccc3c(c2)CC(=O)N3)COC1. The highest BCUT2D eigenvalue weighted by molar-refractivity contribution is 5.99. The van der Waals surface area contributed by atoms with Crippen molar-refractivity contribution in [3.05, 3.63) is 29.3 Å². The summed E-state index contributed by atoms with van der Waals surface area (Å²) in [7, 11) is 0. The summed E-state index contributed by atoms with van der Waals surface area (Å²) < 4.78 is 5.25. The van der Waals surface area contributed by atoms with Crippen LogP contribution in [0.4, 0.5) is 5.69 Å². The van der Waals surface area contributed by atoms with Crippen molar-refractivity contribution in [3.8, 4) is 0 Å². The number of carbonyl (C=O) groups is 1. The molecule has 0 spiro atoms. The van der Waals surface area contributed by atoms with E-state index in [1.54, 1.807) is 0 Å². The Morgan fingerprint density at radius 2 is 2.20 bits per heavy atom. The van der Waals surface area contributed by atoms with Gasteiger partial charge in [0.15, 0.2) is 0 Å². The standard InChI is InChI=1S/C12H13NO2/c1-12(6-15-7-12)9-2-3-10-8(4-9)5-11(14)13-10/h2-4H,5-7H2,1H3,(H,13,14). The summed E-state index contributed by atoms with van der Waals surface area (Å²) in [5.41, 5.74) is 3.52. The Morgan fingerprint density at radius 1 is 1.40 bits per heavy atom. The Balaban J connectivity index is 1.99. The van der Waals surface area contributed by atoms with Crippen molar-refractivity contribution in [3.63, 3.8) is 0 Å². The summed E-state index contributed by atoms with van der Waals surface area (Å²) in [5.74, 6) is 0.0946. The molecule has 0 bridgehead atoms. The fourth-order valence-corrected chi connectivity index (χ4v) is 2.18. The van der Waals surface area contributed by atoms with Crippen LogP contribution in [0.2, 0.25) is 0 Å². The molecule has 1 saturated heterocycles. The van der Waals surface area contributed by atoms with E-state index >= 15 is 0 Å². The Labute approximate surface area is 88.4 Å². The van der Waals surface area contributed by atoms with Crippen molar-refractivity contribution in [1.29, 1.82) is 0 Å². The maximum absolute atomic E-state index is 11.2. The lowest BCUT2D eigenvalue weighted by atomic mass is 9.80. The Morgan fingerprint density at radius 3 is 2.87 bits per heavy atom. The van der Waals surface area contributed by atoms with Gasteiger partial charge in [0.2, 0.25) is 5.91 Å². The van der Waals surface area contributed by atoms with Gasteiger partial charge in [0, 0.05) is 11.1 Å². The van der Waals surface area contributed by atoms with E-state index in [1.165, 1.54) is 5.56 Å². The highest BCUT2D eigenvalue weighted by Gasteiger charge is 2.36. The molecule has 3 rings (SSSR count). The minimum Gasteiger partial charge on any atom is -0.379 e. The highest BCUT2D eigenvalue weighted by Crippen LogP contribution is 2.35. The van der Waals surface area contributed by atoms with Gasteiger partial charge in [0.25, 0.3) is 0 Å². The van der Waals surface area contributed by atoms with E-state index in [-0.39, 0.29) is 11.3 Å². The van der Waals surface area contributed by atoms with E-state index in [1.807, 2.05) is 6.07 Å². The molecule has 2 aliphatic heterocycles. The molecule has 1 fully saturated rings. The first-order chi connectivity index (χ1) is 7.17. The fourth-order valence-electron chi connectivity index (χ4n) is 2.18. The average molecular weight is 203 g/mol. The second-order valence-electron chi connectivity index (χ2n) is 4.65. The molecule has 0 atom stereocenters. The molecule has 1 aromatic carbocycles. The molecular formula is C12H13NO2. The molecule has 2 heterocycles. The van der Waals surface area contributed by atoms with Crippen LogP contribution in [-0.2, 0) is 21.4 Å². The largest absolute Gasteiger partial charge is 0.379 e. The van der Waals surface area contributed by atoms with E-state index in [0.717, 1.165) is 24.5 Å². The second-order valence-corrected chi connectivity index (χ2v) is 4.65. The van der Waals surface area contributed by atoms with Crippen LogP contribution in [0.15, 0.2) is 18.2 Å². The molecule has 0 radical (unpaired) electrons. The maximum Gasteiger partial charge on any atom is 0.228 e. The zero-order valence-electron chi connectivity index (χ0n) is 8.67. The summed E-state index contributed by atoms with van der Waals surface area (Å²) in [6.07, 6.45) is 0.514. The molecule has 0 saturated carbocycles. The van der Waals surface area contributed by atoms with E-state index in [0.29, 0.717) is 6.42 Å². The number of hydrogen-bond donors (Lipinski definition) is 1. The van der Waals surface area contributed by atoms with Crippen LogP contribution < -0.4 is 5.32 Å². The van der Waals surface area contributed by atoms with Crippen molar-refractivity contribution >= 4 is 11.6 Å². The Bertz CT molecular complexity index is 435. The first-order valence-corrected chi connectivity index (χ1v) is 5.18. The minimum atomic E-state index is 0.0946. The topological polar surface area (TPSA) is 38.3 Å². The number of benzene rings is 1. The molecule has 3 heteroatoms. The molecule has 1 amide bonds. The van der Waals surface area contributed by atoms with Crippen LogP contribution in [0, 0.1) is 0 Å². The monoisotopic (exact) mass is 203 g/mol. The van der Waals surface area contributed by atoms with Crippen molar-refractivity contribution in [2.24, 2.45) is 0 Å². The normalized spacial score (nSPS) is 21.8. The van der Waals surface area contributed by atoms with Gasteiger partial charge in [-0.25, -0.2) is 0 Å². The third kappa shape index (κ3) is 1.27. The predicted molar refractivity (Wildman–Crippen MR) is 56.9 cm³/mol. The van der Waals surface area contributed by atoms with Crippen molar-refractivity contribution in [1.82, 2.24) is 0 Å². The molecule has 0 aromatic heterocycles. The van der Waals surface area contributed by atoms with Gasteiger partial charge in [-0.2, -0.15) is 0 Å². The molecule has 0 unspecified atom stereocenters. The first kappa shape index (κ1) is 8.92. The van der Waals surface area contributed by atoms with Gasteiger partial charge in [-0.3, -0.25) is 4.79 Å². The number of ether oxygens (including phenoxy) is 1. The number of hydrogen-bond acceptors (Lipinski definition) is 2. The zero-order chi connectivity index (χ0) is 10.5. The molecule has 15 heavy (non-hydrogen) atoms. The number of carbonyl (C=O) groups excluding carboxylic acids is 1. The zero-order valence-corrected chi connectivity index (χ0v) is 8.67. The lowest BCUT2D eigenvalue weighted by Crippen LogP contribution is -2.43. The molecule has 1 aromatic rings. The molecule has 0 aliphatic carbocycles. The average Bonchev–Trinajstić information content (AvgIpc) is 2.53.